The number of rotatable bonds is 7. The third-order valence-electron chi connectivity index (χ3n) is 3.92. The van der Waals surface area contributed by atoms with Crippen molar-refractivity contribution in [2.24, 2.45) is 0 Å². The van der Waals surface area contributed by atoms with Crippen LogP contribution in [0.5, 0.6) is 0 Å². The number of anilines is 1. The molecule has 0 saturated carbocycles. The van der Waals surface area contributed by atoms with Crippen LogP contribution in [-0.4, -0.2) is 41.1 Å². The van der Waals surface area contributed by atoms with E-state index in [1.807, 2.05) is 24.3 Å². The summed E-state index contributed by atoms with van der Waals surface area (Å²) in [6.45, 7) is -1.07. The molecule has 8 nitrogen and oxygen atoms in total. The van der Waals surface area contributed by atoms with Crippen LogP contribution >= 0.6 is 15.9 Å². The standard InChI is InChI=1S/C20H15BrF2N4O4/c21-12-3-1-11(2-4-12)16-8-17(27-26-16)20(30)31-10-19(29)24-9-18(28)25-13-5-6-14(22)15(23)7-13/h1-8H,9-10H2,(H,24,29)(H,25,28)(H,26,27). The van der Waals surface area contributed by atoms with E-state index in [9.17, 15) is 23.2 Å². The van der Waals surface area contributed by atoms with Crippen LogP contribution in [0.4, 0.5) is 14.5 Å². The van der Waals surface area contributed by atoms with E-state index in [1.54, 1.807) is 0 Å². The zero-order valence-corrected chi connectivity index (χ0v) is 17.3. The van der Waals surface area contributed by atoms with Crippen molar-refractivity contribution >= 4 is 39.4 Å². The van der Waals surface area contributed by atoms with Gasteiger partial charge in [0.2, 0.25) is 5.91 Å². The molecule has 0 aliphatic carbocycles. The highest BCUT2D eigenvalue weighted by molar-refractivity contribution is 9.10. The monoisotopic (exact) mass is 492 g/mol. The van der Waals surface area contributed by atoms with Gasteiger partial charge in [0.1, 0.15) is 5.69 Å². The minimum atomic E-state index is -1.11. The number of esters is 1. The number of nitrogens with zero attached hydrogens (tertiary/aromatic N) is 1. The van der Waals surface area contributed by atoms with E-state index in [0.717, 1.165) is 22.2 Å². The molecule has 2 aromatic carbocycles. The first kappa shape index (κ1) is 22.1. The zero-order valence-electron chi connectivity index (χ0n) is 15.7. The van der Waals surface area contributed by atoms with E-state index >= 15 is 0 Å². The quantitative estimate of drug-likeness (QED) is 0.438. The molecule has 11 heteroatoms. The van der Waals surface area contributed by atoms with Crippen molar-refractivity contribution in [2.75, 3.05) is 18.5 Å². The number of benzene rings is 2. The fraction of sp³-hybridized carbons (Fsp3) is 0.100. The number of carbonyl (C=O) groups excluding carboxylic acids is 3. The minimum absolute atomic E-state index is 0.0328. The number of ether oxygens (including phenoxy) is 1. The summed E-state index contributed by atoms with van der Waals surface area (Å²) < 4.78 is 31.8. The summed E-state index contributed by atoms with van der Waals surface area (Å²) >= 11 is 3.33. The largest absolute Gasteiger partial charge is 0.451 e. The summed E-state index contributed by atoms with van der Waals surface area (Å²) in [5.74, 6) is -4.35. The highest BCUT2D eigenvalue weighted by Gasteiger charge is 2.15. The molecule has 3 rings (SSSR count). The molecule has 3 N–H and O–H groups in total. The third kappa shape index (κ3) is 6.19. The van der Waals surface area contributed by atoms with Gasteiger partial charge in [-0.25, -0.2) is 13.6 Å². The highest BCUT2D eigenvalue weighted by Crippen LogP contribution is 2.20. The van der Waals surface area contributed by atoms with Gasteiger partial charge in [-0.3, -0.25) is 14.7 Å². The minimum Gasteiger partial charge on any atom is -0.451 e. The highest BCUT2D eigenvalue weighted by atomic mass is 79.9. The van der Waals surface area contributed by atoms with Gasteiger partial charge in [-0.1, -0.05) is 28.1 Å². The van der Waals surface area contributed by atoms with E-state index in [0.29, 0.717) is 5.69 Å². The number of aromatic nitrogens is 2. The van der Waals surface area contributed by atoms with Gasteiger partial charge in [0.05, 0.1) is 12.2 Å². The number of hydrogen-bond acceptors (Lipinski definition) is 5. The van der Waals surface area contributed by atoms with Crippen molar-refractivity contribution < 1.29 is 27.9 Å². The molecular weight excluding hydrogens is 478 g/mol. The average Bonchev–Trinajstić information content (AvgIpc) is 3.24. The summed E-state index contributed by atoms with van der Waals surface area (Å²) in [6, 6.07) is 11.6. The van der Waals surface area contributed by atoms with Crippen molar-refractivity contribution in [2.45, 2.75) is 0 Å². The zero-order chi connectivity index (χ0) is 22.4. The number of aromatic amines is 1. The third-order valence-corrected chi connectivity index (χ3v) is 4.45. The van der Waals surface area contributed by atoms with Crippen LogP contribution < -0.4 is 10.6 Å². The summed E-state index contributed by atoms with van der Waals surface area (Å²) in [7, 11) is 0. The van der Waals surface area contributed by atoms with E-state index in [4.69, 9.17) is 4.74 Å². The molecule has 160 valence electrons. The molecule has 31 heavy (non-hydrogen) atoms. The fourth-order valence-electron chi connectivity index (χ4n) is 2.41. The van der Waals surface area contributed by atoms with E-state index < -0.39 is 42.6 Å². The Labute approximate surface area is 183 Å². The molecule has 0 atom stereocenters. The Balaban J connectivity index is 1.44. The summed E-state index contributed by atoms with van der Waals surface area (Å²) in [4.78, 5) is 35.6. The van der Waals surface area contributed by atoms with Gasteiger partial charge in [0, 0.05) is 21.8 Å². The fourth-order valence-corrected chi connectivity index (χ4v) is 2.68. The molecule has 0 bridgehead atoms. The predicted molar refractivity (Wildman–Crippen MR) is 110 cm³/mol. The Hall–Kier alpha value is -3.60. The number of halogens is 3. The van der Waals surface area contributed by atoms with Crippen LogP contribution in [0.25, 0.3) is 11.3 Å². The second-order valence-electron chi connectivity index (χ2n) is 6.20. The second-order valence-corrected chi connectivity index (χ2v) is 7.12. The molecule has 0 radical (unpaired) electrons. The van der Waals surface area contributed by atoms with Crippen LogP contribution in [0.15, 0.2) is 53.0 Å². The summed E-state index contributed by atoms with van der Waals surface area (Å²) in [6.07, 6.45) is 0. The molecule has 1 heterocycles. The number of amides is 2. The van der Waals surface area contributed by atoms with Gasteiger partial charge in [0.15, 0.2) is 18.2 Å². The van der Waals surface area contributed by atoms with Crippen LogP contribution in [0, 0.1) is 11.6 Å². The molecule has 0 aliphatic heterocycles. The Morgan fingerprint density at radius 1 is 1.00 bits per heavy atom. The van der Waals surface area contributed by atoms with E-state index in [1.165, 1.54) is 12.1 Å². The molecule has 0 fully saturated rings. The van der Waals surface area contributed by atoms with Crippen molar-refractivity contribution in [3.8, 4) is 11.3 Å². The van der Waals surface area contributed by atoms with Gasteiger partial charge >= 0.3 is 5.97 Å². The lowest BCUT2D eigenvalue weighted by atomic mass is 10.1. The molecule has 2 amide bonds. The lowest BCUT2D eigenvalue weighted by molar-refractivity contribution is -0.126. The first-order valence-corrected chi connectivity index (χ1v) is 9.61. The first-order valence-electron chi connectivity index (χ1n) is 8.82. The van der Waals surface area contributed by atoms with Crippen molar-refractivity contribution in [1.82, 2.24) is 15.5 Å². The Bertz CT molecular complexity index is 1120. The molecule has 0 spiro atoms. The predicted octanol–water partition coefficient (Wildman–Crippen LogP) is 3.03. The molecule has 0 aliphatic rings. The maximum atomic E-state index is 13.1. The molecule has 0 unspecified atom stereocenters. The lowest BCUT2D eigenvalue weighted by Crippen LogP contribution is -2.35. The lowest BCUT2D eigenvalue weighted by Gasteiger charge is -2.07. The summed E-state index contributed by atoms with van der Waals surface area (Å²) in [5.41, 5.74) is 1.40. The van der Waals surface area contributed by atoms with Gasteiger partial charge in [-0.2, -0.15) is 5.10 Å². The molecule has 1 aromatic heterocycles. The number of nitrogens with one attached hydrogen (secondary N) is 3. The van der Waals surface area contributed by atoms with Crippen molar-refractivity contribution in [1.29, 1.82) is 0 Å². The maximum Gasteiger partial charge on any atom is 0.356 e. The van der Waals surface area contributed by atoms with Crippen LogP contribution in [0.1, 0.15) is 10.5 Å². The second kappa shape index (κ2) is 9.94. The number of carbonyl (C=O) groups is 3. The van der Waals surface area contributed by atoms with Gasteiger partial charge in [0.25, 0.3) is 5.91 Å². The number of H-pyrrole nitrogens is 1. The normalized spacial score (nSPS) is 10.4. The molecule has 0 saturated heterocycles. The Kier molecular flexibility index (Phi) is 7.08. The van der Waals surface area contributed by atoms with Crippen LogP contribution in [0.3, 0.4) is 0 Å². The summed E-state index contributed by atoms with van der Waals surface area (Å²) in [5, 5.41) is 11.1. The van der Waals surface area contributed by atoms with Crippen LogP contribution in [-0.2, 0) is 14.3 Å². The Morgan fingerprint density at radius 2 is 1.74 bits per heavy atom. The van der Waals surface area contributed by atoms with Crippen molar-refractivity contribution in [3.05, 3.63) is 70.3 Å². The van der Waals surface area contributed by atoms with E-state index in [2.05, 4.69) is 36.8 Å². The SMILES string of the molecule is O=C(COC(=O)c1cc(-c2ccc(Br)cc2)n[nH]1)NCC(=O)Nc1ccc(F)c(F)c1. The van der Waals surface area contributed by atoms with Gasteiger partial charge in [-0.15, -0.1) is 0 Å². The number of hydrogen-bond donors (Lipinski definition) is 3. The molecule has 3 aromatic rings. The average molecular weight is 493 g/mol. The van der Waals surface area contributed by atoms with Gasteiger partial charge < -0.3 is 15.4 Å². The molecular formula is C20H15BrF2N4O4. The topological polar surface area (TPSA) is 113 Å². The maximum absolute atomic E-state index is 13.1. The van der Waals surface area contributed by atoms with E-state index in [-0.39, 0.29) is 11.4 Å². The van der Waals surface area contributed by atoms with Gasteiger partial charge in [-0.05, 0) is 30.3 Å². The smallest absolute Gasteiger partial charge is 0.356 e. The van der Waals surface area contributed by atoms with Crippen molar-refractivity contribution in [3.63, 3.8) is 0 Å². The van der Waals surface area contributed by atoms with Crippen LogP contribution in [0.2, 0.25) is 0 Å². The Morgan fingerprint density at radius 3 is 2.45 bits per heavy atom. The first-order chi connectivity index (χ1) is 14.8.